The van der Waals surface area contributed by atoms with E-state index >= 15 is 0 Å². The quantitative estimate of drug-likeness (QED) is 0.785. The molecule has 0 unspecified atom stereocenters. The smallest absolute Gasteiger partial charge is 0.342 e. The number of ether oxygens (including phenoxy) is 1. The Morgan fingerprint density at radius 2 is 2.20 bits per heavy atom. The minimum atomic E-state index is 0.262. The largest absolute Gasteiger partial charge is 0.404 e. The Morgan fingerprint density at radius 1 is 1.33 bits per heavy atom. The summed E-state index contributed by atoms with van der Waals surface area (Å²) in [5, 5.41) is 6.85. The van der Waals surface area contributed by atoms with Crippen LogP contribution in [0.25, 0.3) is 0 Å². The van der Waals surface area contributed by atoms with Gasteiger partial charge >= 0.3 is 6.01 Å². The van der Waals surface area contributed by atoms with Crippen LogP contribution in [0.5, 0.6) is 11.9 Å². The van der Waals surface area contributed by atoms with Crippen LogP contribution >= 0.6 is 0 Å². The first-order chi connectivity index (χ1) is 7.28. The molecule has 7 nitrogen and oxygen atoms in total. The van der Waals surface area contributed by atoms with Crippen molar-refractivity contribution in [3.63, 3.8) is 0 Å². The highest BCUT2D eigenvalue weighted by atomic mass is 16.5. The molecule has 0 aromatic carbocycles. The van der Waals surface area contributed by atoms with Crippen molar-refractivity contribution in [2.75, 3.05) is 12.4 Å². The van der Waals surface area contributed by atoms with Crippen molar-refractivity contribution in [3.8, 4) is 11.9 Å². The van der Waals surface area contributed by atoms with E-state index in [9.17, 15) is 0 Å². The van der Waals surface area contributed by atoms with Crippen LogP contribution in [0, 0.1) is 0 Å². The third-order valence-electron chi connectivity index (χ3n) is 1.67. The van der Waals surface area contributed by atoms with Gasteiger partial charge in [-0.05, 0) is 0 Å². The lowest BCUT2D eigenvalue weighted by Gasteiger charge is -2.01. The molecule has 0 aliphatic carbocycles. The Balaban J connectivity index is 2.16. The van der Waals surface area contributed by atoms with E-state index < -0.39 is 0 Å². The first-order valence-corrected chi connectivity index (χ1v) is 4.31. The van der Waals surface area contributed by atoms with Crippen LogP contribution in [0.1, 0.15) is 0 Å². The van der Waals surface area contributed by atoms with E-state index in [0.29, 0.717) is 11.7 Å². The van der Waals surface area contributed by atoms with Gasteiger partial charge < -0.3 is 10.1 Å². The molecule has 0 aliphatic rings. The average Bonchev–Trinajstić information content (AvgIpc) is 2.64. The van der Waals surface area contributed by atoms with Crippen LogP contribution in [0.2, 0.25) is 0 Å². The van der Waals surface area contributed by atoms with Crippen LogP contribution in [0.3, 0.4) is 0 Å². The molecule has 0 radical (unpaired) electrons. The fourth-order valence-corrected chi connectivity index (χ4v) is 0.992. The average molecular weight is 206 g/mol. The molecule has 0 bridgehead atoms. The third-order valence-corrected chi connectivity index (χ3v) is 1.67. The fourth-order valence-electron chi connectivity index (χ4n) is 0.992. The van der Waals surface area contributed by atoms with Crippen molar-refractivity contribution in [3.05, 3.63) is 18.7 Å². The molecule has 0 fully saturated rings. The highest BCUT2D eigenvalue weighted by Gasteiger charge is 2.03. The highest BCUT2D eigenvalue weighted by molar-refractivity contribution is 5.36. The Morgan fingerprint density at radius 3 is 2.87 bits per heavy atom. The Hall–Kier alpha value is -2.18. The number of nitrogens with zero attached hydrogens (tertiary/aromatic N) is 5. The molecular formula is C8H10N6O. The van der Waals surface area contributed by atoms with Gasteiger partial charge in [-0.1, -0.05) is 0 Å². The van der Waals surface area contributed by atoms with Crippen LogP contribution < -0.4 is 10.1 Å². The van der Waals surface area contributed by atoms with Gasteiger partial charge in [-0.2, -0.15) is 4.98 Å². The third kappa shape index (κ3) is 2.19. The molecule has 1 N–H and O–H groups in total. The number of nitrogens with one attached hydrogen (secondary N) is 1. The molecule has 0 aliphatic heterocycles. The van der Waals surface area contributed by atoms with Crippen LogP contribution in [-0.2, 0) is 7.05 Å². The maximum absolute atomic E-state index is 5.31. The lowest BCUT2D eigenvalue weighted by molar-refractivity contribution is 0.422. The standard InChI is InChI=1S/C8H10N6O/c1-9-6-3-7(11-4-10-6)15-8-12-5-14(2)13-8/h3-5H,1-2H3,(H,9,10,11). The summed E-state index contributed by atoms with van der Waals surface area (Å²) in [6.45, 7) is 0. The zero-order chi connectivity index (χ0) is 10.7. The Bertz CT molecular complexity index is 454. The number of hydrogen-bond acceptors (Lipinski definition) is 6. The predicted octanol–water partition coefficient (Wildman–Crippen LogP) is 0.439. The summed E-state index contributed by atoms with van der Waals surface area (Å²) in [6, 6.07) is 1.93. The van der Waals surface area contributed by atoms with E-state index in [1.54, 1.807) is 31.2 Å². The van der Waals surface area contributed by atoms with E-state index in [-0.39, 0.29) is 6.01 Å². The van der Waals surface area contributed by atoms with Gasteiger partial charge in [0, 0.05) is 20.2 Å². The normalized spacial score (nSPS) is 10.0. The first kappa shape index (κ1) is 9.38. The van der Waals surface area contributed by atoms with Crippen LogP contribution in [-0.4, -0.2) is 31.8 Å². The van der Waals surface area contributed by atoms with Gasteiger partial charge in [0.1, 0.15) is 18.5 Å². The summed E-state index contributed by atoms with van der Waals surface area (Å²) in [5.74, 6) is 1.08. The van der Waals surface area contributed by atoms with E-state index in [1.807, 2.05) is 0 Å². The molecule has 0 atom stereocenters. The number of anilines is 1. The molecule has 2 rings (SSSR count). The summed E-state index contributed by atoms with van der Waals surface area (Å²) < 4.78 is 6.86. The summed E-state index contributed by atoms with van der Waals surface area (Å²) in [7, 11) is 3.53. The van der Waals surface area contributed by atoms with Crippen molar-refractivity contribution in [1.29, 1.82) is 0 Å². The lowest BCUT2D eigenvalue weighted by atomic mass is 10.5. The summed E-state index contributed by atoms with van der Waals surface area (Å²) >= 11 is 0. The van der Waals surface area contributed by atoms with Crippen molar-refractivity contribution in [2.45, 2.75) is 0 Å². The summed E-state index contributed by atoms with van der Waals surface area (Å²) in [4.78, 5) is 11.8. The van der Waals surface area contributed by atoms with Crippen molar-refractivity contribution in [1.82, 2.24) is 24.7 Å². The van der Waals surface area contributed by atoms with Crippen LogP contribution in [0.4, 0.5) is 5.82 Å². The van der Waals surface area contributed by atoms with E-state index in [0.717, 1.165) is 0 Å². The number of aryl methyl sites for hydroxylation is 1. The monoisotopic (exact) mass is 206 g/mol. The van der Waals surface area contributed by atoms with E-state index in [1.165, 1.54) is 6.33 Å². The van der Waals surface area contributed by atoms with Gasteiger partial charge in [-0.15, -0.1) is 5.10 Å². The molecule has 15 heavy (non-hydrogen) atoms. The summed E-state index contributed by atoms with van der Waals surface area (Å²) in [5.41, 5.74) is 0. The van der Waals surface area contributed by atoms with E-state index in [4.69, 9.17) is 4.74 Å². The van der Waals surface area contributed by atoms with Crippen molar-refractivity contribution < 1.29 is 4.74 Å². The maximum Gasteiger partial charge on any atom is 0.342 e. The molecule has 7 heteroatoms. The number of rotatable bonds is 3. The second-order valence-electron chi connectivity index (χ2n) is 2.79. The van der Waals surface area contributed by atoms with Gasteiger partial charge in [-0.25, -0.2) is 9.97 Å². The Kier molecular flexibility index (Phi) is 2.44. The molecule has 78 valence electrons. The molecule has 2 heterocycles. The fraction of sp³-hybridized carbons (Fsp3) is 0.250. The lowest BCUT2D eigenvalue weighted by Crippen LogP contribution is -1.96. The second kappa shape index (κ2) is 3.91. The van der Waals surface area contributed by atoms with Gasteiger partial charge in [0.15, 0.2) is 0 Å². The van der Waals surface area contributed by atoms with Crippen LogP contribution in [0.15, 0.2) is 18.7 Å². The van der Waals surface area contributed by atoms with Gasteiger partial charge in [0.2, 0.25) is 5.88 Å². The molecule has 0 saturated heterocycles. The molecule has 2 aromatic rings. The van der Waals surface area contributed by atoms with Gasteiger partial charge in [-0.3, -0.25) is 4.68 Å². The zero-order valence-electron chi connectivity index (χ0n) is 8.38. The maximum atomic E-state index is 5.31. The Labute approximate surface area is 86.1 Å². The molecule has 0 spiro atoms. The molecule has 0 saturated carbocycles. The topological polar surface area (TPSA) is 77.8 Å². The summed E-state index contributed by atoms with van der Waals surface area (Å²) in [6.07, 6.45) is 2.96. The van der Waals surface area contributed by atoms with Gasteiger partial charge in [0.25, 0.3) is 0 Å². The minimum absolute atomic E-state index is 0.262. The highest BCUT2D eigenvalue weighted by Crippen LogP contribution is 2.15. The first-order valence-electron chi connectivity index (χ1n) is 4.31. The number of hydrogen-bond donors (Lipinski definition) is 1. The molecule has 0 amide bonds. The SMILES string of the molecule is CNc1cc(Oc2ncn(C)n2)ncn1. The van der Waals surface area contributed by atoms with Gasteiger partial charge in [0.05, 0.1) is 0 Å². The second-order valence-corrected chi connectivity index (χ2v) is 2.79. The van der Waals surface area contributed by atoms with Crippen molar-refractivity contribution in [2.24, 2.45) is 7.05 Å². The molecule has 2 aromatic heterocycles. The minimum Gasteiger partial charge on any atom is -0.404 e. The zero-order valence-corrected chi connectivity index (χ0v) is 8.38. The van der Waals surface area contributed by atoms with E-state index in [2.05, 4.69) is 25.4 Å². The molecular weight excluding hydrogens is 196 g/mol. The van der Waals surface area contributed by atoms with Crippen molar-refractivity contribution >= 4 is 5.82 Å². The number of aromatic nitrogens is 5. The predicted molar refractivity (Wildman–Crippen MR) is 52.7 cm³/mol.